The van der Waals surface area contributed by atoms with Crippen LogP contribution in [0, 0.1) is 5.92 Å². The Bertz CT molecular complexity index is 1180. The molecule has 1 N–H and O–H groups in total. The summed E-state index contributed by atoms with van der Waals surface area (Å²) < 4.78 is 6.52. The minimum atomic E-state index is 0.00538. The molecule has 1 amide bonds. The van der Waals surface area contributed by atoms with Gasteiger partial charge in [-0.2, -0.15) is 0 Å². The van der Waals surface area contributed by atoms with Crippen LogP contribution < -0.4 is 15.0 Å². The van der Waals surface area contributed by atoms with Gasteiger partial charge in [0.1, 0.15) is 11.3 Å². The summed E-state index contributed by atoms with van der Waals surface area (Å²) in [6, 6.07) is 27.0. The lowest BCUT2D eigenvalue weighted by molar-refractivity contribution is -0.125. The molecule has 0 bridgehead atoms. The molecule has 33 heavy (non-hydrogen) atoms. The van der Waals surface area contributed by atoms with Crippen molar-refractivity contribution in [2.45, 2.75) is 12.3 Å². The van der Waals surface area contributed by atoms with Crippen molar-refractivity contribution in [2.24, 2.45) is 5.92 Å². The highest BCUT2D eigenvalue weighted by atomic mass is 32.1. The fourth-order valence-corrected chi connectivity index (χ4v) is 5.39. The molecular weight excluding hydrogens is 430 g/mol. The number of carbonyl (C=O) groups excluding carboxylic acids is 1. The van der Waals surface area contributed by atoms with Crippen molar-refractivity contribution >= 4 is 32.6 Å². The van der Waals surface area contributed by atoms with Crippen LogP contribution in [0.5, 0.6) is 5.75 Å². The highest BCUT2D eigenvalue weighted by molar-refractivity contribution is 7.22. The number of anilines is 1. The summed E-state index contributed by atoms with van der Waals surface area (Å²) in [6.07, 6.45) is 0.869. The van der Waals surface area contributed by atoms with Crippen LogP contribution in [0.2, 0.25) is 0 Å². The Labute approximate surface area is 198 Å². The highest BCUT2D eigenvalue weighted by Crippen LogP contribution is 2.36. The third kappa shape index (κ3) is 4.57. The minimum Gasteiger partial charge on any atom is -0.494 e. The fraction of sp³-hybridized carbons (Fsp3) is 0.259. The monoisotopic (exact) mass is 457 g/mol. The Kier molecular flexibility index (Phi) is 6.26. The predicted octanol–water partition coefficient (Wildman–Crippen LogP) is 5.08. The molecule has 168 valence electrons. The van der Waals surface area contributed by atoms with E-state index in [1.165, 1.54) is 11.1 Å². The first-order valence-electron chi connectivity index (χ1n) is 11.3. The Morgan fingerprint density at radius 2 is 1.70 bits per heavy atom. The van der Waals surface area contributed by atoms with Gasteiger partial charge in [-0.3, -0.25) is 4.79 Å². The van der Waals surface area contributed by atoms with Crippen molar-refractivity contribution in [1.82, 2.24) is 10.3 Å². The van der Waals surface area contributed by atoms with Crippen molar-refractivity contribution in [1.29, 1.82) is 0 Å². The van der Waals surface area contributed by atoms with E-state index in [0.29, 0.717) is 19.6 Å². The summed E-state index contributed by atoms with van der Waals surface area (Å²) in [5, 5.41) is 4.12. The molecule has 0 atom stereocenters. The van der Waals surface area contributed by atoms with E-state index in [-0.39, 0.29) is 17.7 Å². The number of hydrogen-bond donors (Lipinski definition) is 1. The summed E-state index contributed by atoms with van der Waals surface area (Å²) in [6.45, 7) is 2.06. The van der Waals surface area contributed by atoms with Gasteiger partial charge in [0.05, 0.1) is 17.7 Å². The van der Waals surface area contributed by atoms with Crippen molar-refractivity contribution in [3.8, 4) is 5.75 Å². The van der Waals surface area contributed by atoms with Crippen molar-refractivity contribution < 1.29 is 9.53 Å². The maximum absolute atomic E-state index is 12.8. The number of thiazole rings is 1. The smallest absolute Gasteiger partial charge is 0.226 e. The molecule has 3 aromatic carbocycles. The molecule has 0 radical (unpaired) electrons. The zero-order chi connectivity index (χ0) is 22.6. The molecule has 1 saturated heterocycles. The molecule has 5 nitrogen and oxygen atoms in total. The number of fused-ring (bicyclic) bond motifs is 1. The first-order chi connectivity index (χ1) is 16.2. The van der Waals surface area contributed by atoms with E-state index in [2.05, 4.69) is 64.8 Å². The molecule has 0 aliphatic carbocycles. The largest absolute Gasteiger partial charge is 0.494 e. The van der Waals surface area contributed by atoms with Crippen LogP contribution in [0.4, 0.5) is 5.13 Å². The predicted molar refractivity (Wildman–Crippen MR) is 134 cm³/mol. The SMILES string of the molecule is COc1cccc2sc(N3CC(C(=O)NCCC(c4ccccc4)c4ccccc4)C3)nc12. The number of hydrogen-bond acceptors (Lipinski definition) is 5. The quantitative estimate of drug-likeness (QED) is 0.401. The molecule has 1 aromatic heterocycles. The van der Waals surface area contributed by atoms with Gasteiger partial charge in [-0.05, 0) is 29.7 Å². The van der Waals surface area contributed by atoms with Crippen LogP contribution in [0.3, 0.4) is 0 Å². The van der Waals surface area contributed by atoms with E-state index in [4.69, 9.17) is 9.72 Å². The first kappa shape index (κ1) is 21.5. The van der Waals surface area contributed by atoms with Gasteiger partial charge in [0, 0.05) is 25.6 Å². The third-order valence-electron chi connectivity index (χ3n) is 6.25. The summed E-state index contributed by atoms with van der Waals surface area (Å²) in [5.41, 5.74) is 3.44. The maximum Gasteiger partial charge on any atom is 0.226 e. The van der Waals surface area contributed by atoms with Crippen molar-refractivity contribution in [2.75, 3.05) is 31.6 Å². The Morgan fingerprint density at radius 3 is 2.33 bits per heavy atom. The van der Waals surface area contributed by atoms with Crippen LogP contribution in [-0.4, -0.2) is 37.6 Å². The second-order valence-electron chi connectivity index (χ2n) is 8.36. The van der Waals surface area contributed by atoms with Gasteiger partial charge in [-0.25, -0.2) is 4.98 Å². The molecule has 2 heterocycles. The zero-order valence-electron chi connectivity index (χ0n) is 18.6. The van der Waals surface area contributed by atoms with Gasteiger partial charge in [0.2, 0.25) is 5.91 Å². The van der Waals surface area contributed by atoms with Gasteiger partial charge < -0.3 is 15.0 Å². The number of aromatic nitrogens is 1. The lowest BCUT2D eigenvalue weighted by atomic mass is 9.88. The van der Waals surface area contributed by atoms with Crippen LogP contribution in [0.15, 0.2) is 78.9 Å². The van der Waals surface area contributed by atoms with Gasteiger partial charge in [0.15, 0.2) is 5.13 Å². The van der Waals surface area contributed by atoms with E-state index in [0.717, 1.165) is 27.5 Å². The molecule has 1 aliphatic rings. The number of benzene rings is 3. The van der Waals surface area contributed by atoms with E-state index in [9.17, 15) is 4.79 Å². The summed E-state index contributed by atoms with van der Waals surface area (Å²) in [7, 11) is 1.66. The Balaban J connectivity index is 1.17. The number of rotatable bonds is 8. The van der Waals surface area contributed by atoms with E-state index in [1.807, 2.05) is 24.3 Å². The van der Waals surface area contributed by atoms with Gasteiger partial charge in [-0.1, -0.05) is 78.1 Å². The highest BCUT2D eigenvalue weighted by Gasteiger charge is 2.34. The Morgan fingerprint density at radius 1 is 1.03 bits per heavy atom. The number of ether oxygens (including phenoxy) is 1. The molecule has 5 rings (SSSR count). The average molecular weight is 458 g/mol. The summed E-state index contributed by atoms with van der Waals surface area (Å²) in [4.78, 5) is 19.7. The molecule has 1 aliphatic heterocycles. The molecule has 0 spiro atoms. The Hall–Kier alpha value is -3.38. The third-order valence-corrected chi connectivity index (χ3v) is 7.33. The topological polar surface area (TPSA) is 54.5 Å². The zero-order valence-corrected chi connectivity index (χ0v) is 19.4. The number of nitrogens with one attached hydrogen (secondary N) is 1. The molecule has 0 saturated carbocycles. The van der Waals surface area contributed by atoms with E-state index < -0.39 is 0 Å². The summed E-state index contributed by atoms with van der Waals surface area (Å²) >= 11 is 1.64. The molecule has 0 unspecified atom stereocenters. The molecule has 1 fully saturated rings. The van der Waals surface area contributed by atoms with Gasteiger partial charge in [-0.15, -0.1) is 0 Å². The lowest BCUT2D eigenvalue weighted by Crippen LogP contribution is -2.53. The number of amides is 1. The molecule has 4 aromatic rings. The van der Waals surface area contributed by atoms with Gasteiger partial charge in [0.25, 0.3) is 0 Å². The lowest BCUT2D eigenvalue weighted by Gasteiger charge is -2.38. The van der Waals surface area contributed by atoms with Crippen LogP contribution in [-0.2, 0) is 4.79 Å². The standard InChI is InChI=1S/C27H27N3O2S/c1-32-23-13-8-14-24-25(23)29-27(33-24)30-17-21(18-30)26(31)28-16-15-22(19-9-4-2-5-10-19)20-11-6-3-7-12-20/h2-14,21-22H,15-18H2,1H3,(H,28,31). The maximum atomic E-state index is 12.8. The second kappa shape index (κ2) is 9.63. The molecular formula is C27H27N3O2S. The summed E-state index contributed by atoms with van der Waals surface area (Å²) in [5.74, 6) is 1.19. The van der Waals surface area contributed by atoms with Crippen LogP contribution in [0.25, 0.3) is 10.2 Å². The number of methoxy groups -OCH3 is 1. The average Bonchev–Trinajstić information content (AvgIpc) is 3.26. The van der Waals surface area contributed by atoms with Gasteiger partial charge >= 0.3 is 0 Å². The van der Waals surface area contributed by atoms with E-state index in [1.54, 1.807) is 18.4 Å². The number of carbonyl (C=O) groups is 1. The molecule has 6 heteroatoms. The number of nitrogens with zero attached hydrogens (tertiary/aromatic N) is 2. The van der Waals surface area contributed by atoms with Crippen LogP contribution in [0.1, 0.15) is 23.5 Å². The van der Waals surface area contributed by atoms with Crippen LogP contribution >= 0.6 is 11.3 Å². The fourth-order valence-electron chi connectivity index (χ4n) is 4.39. The van der Waals surface area contributed by atoms with Crippen molar-refractivity contribution in [3.63, 3.8) is 0 Å². The van der Waals surface area contributed by atoms with E-state index >= 15 is 0 Å². The van der Waals surface area contributed by atoms with Crippen molar-refractivity contribution in [3.05, 3.63) is 90.0 Å². The minimum absolute atomic E-state index is 0.00538. The second-order valence-corrected chi connectivity index (χ2v) is 9.37. The number of para-hydroxylation sites is 1. The normalized spacial score (nSPS) is 13.8. The first-order valence-corrected chi connectivity index (χ1v) is 12.1.